The fourth-order valence-corrected chi connectivity index (χ4v) is 3.74. The highest BCUT2D eigenvalue weighted by Gasteiger charge is 2.38. The first-order valence-electron chi connectivity index (χ1n) is 7.03. The second-order valence-electron chi connectivity index (χ2n) is 5.52. The molecule has 3 fully saturated rings. The van der Waals surface area contributed by atoms with Crippen LogP contribution < -0.4 is 5.32 Å². The predicted molar refractivity (Wildman–Crippen MR) is 79.7 cm³/mol. The van der Waals surface area contributed by atoms with E-state index >= 15 is 0 Å². The Bertz CT molecular complexity index is 389. The van der Waals surface area contributed by atoms with E-state index in [0.29, 0.717) is 24.4 Å². The highest BCUT2D eigenvalue weighted by Crippen LogP contribution is 2.36. The maximum atomic E-state index is 11.6. The SMILES string of the molecule is C=CC1CN2CCC1CC2CNC(=O)CSCC(=O)O. The van der Waals surface area contributed by atoms with Gasteiger partial charge in [0.05, 0.1) is 11.5 Å². The molecule has 3 aliphatic rings. The summed E-state index contributed by atoms with van der Waals surface area (Å²) in [5.41, 5.74) is 0. The first-order valence-corrected chi connectivity index (χ1v) is 8.18. The van der Waals surface area contributed by atoms with Crippen LogP contribution in [-0.2, 0) is 9.59 Å². The summed E-state index contributed by atoms with van der Waals surface area (Å²) < 4.78 is 0. The Labute approximate surface area is 123 Å². The minimum atomic E-state index is -0.881. The largest absolute Gasteiger partial charge is 0.481 e. The lowest BCUT2D eigenvalue weighted by molar-refractivity contribution is -0.133. The number of nitrogens with zero attached hydrogens (tertiary/aromatic N) is 1. The molecule has 0 saturated carbocycles. The molecule has 0 radical (unpaired) electrons. The van der Waals surface area contributed by atoms with Crippen molar-refractivity contribution in [2.24, 2.45) is 11.8 Å². The summed E-state index contributed by atoms with van der Waals surface area (Å²) in [4.78, 5) is 24.4. The second-order valence-corrected chi connectivity index (χ2v) is 6.51. The van der Waals surface area contributed by atoms with Gasteiger partial charge >= 0.3 is 5.97 Å². The average Bonchev–Trinajstić information content (AvgIpc) is 2.45. The van der Waals surface area contributed by atoms with Crippen LogP contribution in [0.5, 0.6) is 0 Å². The molecule has 3 aliphatic heterocycles. The number of fused-ring (bicyclic) bond motifs is 3. The van der Waals surface area contributed by atoms with Crippen LogP contribution in [-0.4, -0.2) is 59.1 Å². The lowest BCUT2D eigenvalue weighted by Crippen LogP contribution is -2.56. The minimum Gasteiger partial charge on any atom is -0.481 e. The quantitative estimate of drug-likeness (QED) is 0.681. The van der Waals surface area contributed by atoms with Gasteiger partial charge < -0.3 is 10.4 Å². The molecule has 0 aromatic rings. The molecule has 0 aliphatic carbocycles. The predicted octanol–water partition coefficient (Wildman–Crippen LogP) is 0.817. The zero-order chi connectivity index (χ0) is 14.5. The van der Waals surface area contributed by atoms with Crippen molar-refractivity contribution in [3.8, 4) is 0 Å². The lowest BCUT2D eigenvalue weighted by atomic mass is 9.75. The molecule has 1 amide bonds. The summed E-state index contributed by atoms with van der Waals surface area (Å²) in [5.74, 6) is 0.555. The molecule has 0 aromatic carbocycles. The van der Waals surface area contributed by atoms with E-state index < -0.39 is 5.97 Å². The highest BCUT2D eigenvalue weighted by atomic mass is 32.2. The van der Waals surface area contributed by atoms with Gasteiger partial charge in [0.1, 0.15) is 0 Å². The second kappa shape index (κ2) is 7.13. The fourth-order valence-electron chi connectivity index (χ4n) is 3.17. The van der Waals surface area contributed by atoms with Crippen molar-refractivity contribution in [3.63, 3.8) is 0 Å². The van der Waals surface area contributed by atoms with Crippen molar-refractivity contribution < 1.29 is 14.7 Å². The molecular formula is C14H22N2O3S. The molecule has 4 unspecified atom stereocenters. The third-order valence-corrected chi connectivity index (χ3v) is 5.14. The molecule has 5 nitrogen and oxygen atoms in total. The van der Waals surface area contributed by atoms with Crippen LogP contribution in [0.1, 0.15) is 12.8 Å². The summed E-state index contributed by atoms with van der Waals surface area (Å²) >= 11 is 1.14. The highest BCUT2D eigenvalue weighted by molar-refractivity contribution is 8.00. The van der Waals surface area contributed by atoms with Gasteiger partial charge in [-0.15, -0.1) is 18.3 Å². The van der Waals surface area contributed by atoms with Crippen molar-refractivity contribution in [1.82, 2.24) is 10.2 Å². The molecule has 0 spiro atoms. The van der Waals surface area contributed by atoms with E-state index in [1.54, 1.807) is 0 Å². The van der Waals surface area contributed by atoms with Crippen LogP contribution in [0.25, 0.3) is 0 Å². The Morgan fingerprint density at radius 2 is 2.25 bits per heavy atom. The Balaban J connectivity index is 1.69. The summed E-state index contributed by atoms with van der Waals surface area (Å²) in [7, 11) is 0. The Kier molecular flexibility index (Phi) is 5.48. The van der Waals surface area contributed by atoms with Gasteiger partial charge in [0, 0.05) is 19.1 Å². The molecule has 3 saturated heterocycles. The van der Waals surface area contributed by atoms with Crippen LogP contribution >= 0.6 is 11.8 Å². The van der Waals surface area contributed by atoms with Crippen LogP contribution in [0.4, 0.5) is 0 Å². The van der Waals surface area contributed by atoms with Gasteiger partial charge in [-0.1, -0.05) is 6.08 Å². The van der Waals surface area contributed by atoms with Gasteiger partial charge in [0.2, 0.25) is 5.91 Å². The number of amides is 1. The molecule has 0 aromatic heterocycles. The Hall–Kier alpha value is -1.01. The molecule has 20 heavy (non-hydrogen) atoms. The number of carbonyl (C=O) groups excluding carboxylic acids is 1. The van der Waals surface area contributed by atoms with E-state index in [2.05, 4.69) is 22.9 Å². The number of carbonyl (C=O) groups is 2. The molecular weight excluding hydrogens is 276 g/mol. The van der Waals surface area contributed by atoms with E-state index in [4.69, 9.17) is 5.11 Å². The van der Waals surface area contributed by atoms with Crippen molar-refractivity contribution >= 4 is 23.6 Å². The maximum Gasteiger partial charge on any atom is 0.313 e. The summed E-state index contributed by atoms with van der Waals surface area (Å²) in [6.45, 7) is 6.75. The fraction of sp³-hybridized carbons (Fsp3) is 0.714. The number of nitrogens with one attached hydrogen (secondary N) is 1. The number of carboxylic acid groups (broad SMARTS) is 1. The molecule has 6 heteroatoms. The van der Waals surface area contributed by atoms with Crippen LogP contribution in [0.15, 0.2) is 12.7 Å². The summed E-state index contributed by atoms with van der Waals surface area (Å²) in [6.07, 6.45) is 4.42. The van der Waals surface area contributed by atoms with Gasteiger partial charge in [-0.3, -0.25) is 14.5 Å². The molecule has 4 atom stereocenters. The lowest BCUT2D eigenvalue weighted by Gasteiger charge is -2.49. The van der Waals surface area contributed by atoms with Gasteiger partial charge in [-0.2, -0.15) is 0 Å². The summed E-state index contributed by atoms with van der Waals surface area (Å²) in [6, 6.07) is 0.429. The normalized spacial score (nSPS) is 31.8. The first-order chi connectivity index (χ1) is 9.60. The van der Waals surface area contributed by atoms with Gasteiger partial charge in [-0.25, -0.2) is 0 Å². The van der Waals surface area contributed by atoms with Crippen LogP contribution in [0.2, 0.25) is 0 Å². The number of piperidine rings is 3. The zero-order valence-corrected chi connectivity index (χ0v) is 12.4. The van der Waals surface area contributed by atoms with Gasteiger partial charge in [-0.05, 0) is 31.2 Å². The minimum absolute atomic E-state index is 0.0218. The third-order valence-electron chi connectivity index (χ3n) is 4.23. The van der Waals surface area contributed by atoms with Gasteiger partial charge in [0.25, 0.3) is 0 Å². The van der Waals surface area contributed by atoms with E-state index in [1.807, 2.05) is 0 Å². The van der Waals surface area contributed by atoms with Crippen molar-refractivity contribution in [2.45, 2.75) is 18.9 Å². The number of hydrogen-bond donors (Lipinski definition) is 2. The van der Waals surface area contributed by atoms with E-state index in [-0.39, 0.29) is 17.4 Å². The van der Waals surface area contributed by atoms with Gasteiger partial charge in [0.15, 0.2) is 0 Å². The number of aliphatic carboxylic acids is 1. The zero-order valence-electron chi connectivity index (χ0n) is 11.6. The number of rotatable bonds is 7. The van der Waals surface area contributed by atoms with Crippen LogP contribution in [0.3, 0.4) is 0 Å². The van der Waals surface area contributed by atoms with Crippen molar-refractivity contribution in [2.75, 3.05) is 31.1 Å². The third kappa shape index (κ3) is 3.99. The average molecular weight is 298 g/mol. The van der Waals surface area contributed by atoms with E-state index in [1.165, 1.54) is 6.42 Å². The van der Waals surface area contributed by atoms with E-state index in [9.17, 15) is 9.59 Å². The maximum absolute atomic E-state index is 11.6. The van der Waals surface area contributed by atoms with E-state index in [0.717, 1.165) is 31.3 Å². The van der Waals surface area contributed by atoms with Crippen LogP contribution in [0, 0.1) is 11.8 Å². The number of thioether (sulfide) groups is 1. The molecule has 2 N–H and O–H groups in total. The Morgan fingerprint density at radius 3 is 2.85 bits per heavy atom. The number of carboxylic acids is 1. The smallest absolute Gasteiger partial charge is 0.313 e. The monoisotopic (exact) mass is 298 g/mol. The topological polar surface area (TPSA) is 69.6 Å². The molecule has 112 valence electrons. The molecule has 2 bridgehead atoms. The van der Waals surface area contributed by atoms with Crippen molar-refractivity contribution in [3.05, 3.63) is 12.7 Å². The standard InChI is InChI=1S/C14H22N2O3S/c1-2-10-7-16-4-3-11(10)5-12(16)6-15-13(17)8-20-9-14(18)19/h2,10-12H,1,3-9H2,(H,15,17)(H,18,19). The summed E-state index contributed by atoms with van der Waals surface area (Å²) in [5, 5.41) is 11.4. The first kappa shape index (κ1) is 15.4. The Morgan fingerprint density at radius 1 is 1.45 bits per heavy atom. The number of hydrogen-bond acceptors (Lipinski definition) is 4. The molecule has 3 rings (SSSR count). The molecule has 3 heterocycles. The van der Waals surface area contributed by atoms with Crippen molar-refractivity contribution in [1.29, 1.82) is 0 Å².